The van der Waals surface area contributed by atoms with Crippen LogP contribution < -0.4 is 5.32 Å². The summed E-state index contributed by atoms with van der Waals surface area (Å²) in [5, 5.41) is 6.10. The third kappa shape index (κ3) is 6.94. The number of benzene rings is 7. The largest absolute Gasteiger partial charge is 0.360 e. The van der Waals surface area contributed by atoms with Crippen LogP contribution in [0.2, 0.25) is 0 Å². The van der Waals surface area contributed by atoms with E-state index in [2.05, 4.69) is 196 Å². The van der Waals surface area contributed by atoms with Crippen molar-refractivity contribution in [3.05, 3.63) is 189 Å². The number of aliphatic imine (C=N–C) groups is 1. The summed E-state index contributed by atoms with van der Waals surface area (Å²) in [6, 6.07) is 43.3. The van der Waals surface area contributed by atoms with Gasteiger partial charge in [0.05, 0.1) is 0 Å². The maximum atomic E-state index is 5.40. The van der Waals surface area contributed by atoms with Crippen molar-refractivity contribution in [2.45, 2.75) is 68.5 Å². The highest BCUT2D eigenvalue weighted by atomic mass is 15.1. The van der Waals surface area contributed by atoms with Gasteiger partial charge in [-0.1, -0.05) is 116 Å². The van der Waals surface area contributed by atoms with Gasteiger partial charge in [-0.25, -0.2) is 15.0 Å². The summed E-state index contributed by atoms with van der Waals surface area (Å²) >= 11 is 0. The van der Waals surface area contributed by atoms with Crippen molar-refractivity contribution < 1.29 is 0 Å². The molecule has 0 fully saturated rings. The molecule has 1 atom stereocenters. The average molecular weight is 794 g/mol. The molecule has 1 aliphatic rings. The number of aromatic nitrogens is 3. The minimum Gasteiger partial charge on any atom is -0.360 e. The average Bonchev–Trinajstić information content (AvgIpc) is 3.54. The predicted octanol–water partition coefficient (Wildman–Crippen LogP) is 13.9. The SMILES string of the molecule is C=C(NC(/N=C(\C)c1c(C)cccc1C)c1c(C)cccc1C)c1ccc2c(c1)-c1cccc3c(-c4nc(-c5c(C)cccc5C)nc(-c5c(C)cccc5C)n4)ccc-2c13. The molecule has 0 radical (unpaired) electrons. The van der Waals surface area contributed by atoms with Crippen LogP contribution in [0, 0.1) is 55.4 Å². The van der Waals surface area contributed by atoms with Crippen molar-refractivity contribution in [2.24, 2.45) is 4.99 Å². The molecular formula is C56H51N5. The zero-order valence-electron chi connectivity index (χ0n) is 36.6. The molecule has 9 rings (SSSR count). The number of nitrogens with one attached hydrogen (secondary N) is 1. The van der Waals surface area contributed by atoms with E-state index in [1.165, 1.54) is 61.0 Å². The molecule has 5 nitrogen and oxygen atoms in total. The van der Waals surface area contributed by atoms with Crippen LogP contribution in [0.1, 0.15) is 74.3 Å². The Morgan fingerprint density at radius 2 is 0.951 bits per heavy atom. The lowest BCUT2D eigenvalue weighted by molar-refractivity contribution is 0.661. The van der Waals surface area contributed by atoms with E-state index in [4.69, 9.17) is 19.9 Å². The van der Waals surface area contributed by atoms with Gasteiger partial charge in [0.1, 0.15) is 6.17 Å². The van der Waals surface area contributed by atoms with Crippen LogP contribution in [0.15, 0.2) is 133 Å². The van der Waals surface area contributed by atoms with Gasteiger partial charge in [-0.3, -0.25) is 4.99 Å². The molecule has 8 aromatic rings. The Bertz CT molecular complexity index is 2980. The first-order valence-corrected chi connectivity index (χ1v) is 21.1. The summed E-state index contributed by atoms with van der Waals surface area (Å²) in [6.07, 6.45) is -0.328. The summed E-state index contributed by atoms with van der Waals surface area (Å²) in [6.45, 7) is 23.9. The molecule has 1 unspecified atom stereocenters. The van der Waals surface area contributed by atoms with E-state index < -0.39 is 0 Å². The van der Waals surface area contributed by atoms with E-state index in [9.17, 15) is 0 Å². The van der Waals surface area contributed by atoms with E-state index in [0.717, 1.165) is 61.3 Å². The fourth-order valence-corrected chi connectivity index (χ4v) is 9.61. The van der Waals surface area contributed by atoms with E-state index in [0.29, 0.717) is 17.5 Å². The van der Waals surface area contributed by atoms with Gasteiger partial charge < -0.3 is 5.32 Å². The third-order valence-corrected chi connectivity index (χ3v) is 12.6. The number of rotatable bonds is 9. The number of nitrogens with zero attached hydrogens (tertiary/aromatic N) is 4. The highest BCUT2D eigenvalue weighted by Gasteiger charge is 2.26. The molecule has 0 amide bonds. The molecule has 300 valence electrons. The summed E-state index contributed by atoms with van der Waals surface area (Å²) in [5.74, 6) is 2.04. The molecule has 1 N–H and O–H groups in total. The summed E-state index contributed by atoms with van der Waals surface area (Å²) < 4.78 is 0. The Hall–Kier alpha value is -6.98. The van der Waals surface area contributed by atoms with Crippen molar-refractivity contribution >= 4 is 22.2 Å². The first-order valence-electron chi connectivity index (χ1n) is 21.1. The van der Waals surface area contributed by atoms with Gasteiger partial charge in [0, 0.05) is 39.2 Å². The molecule has 1 aliphatic carbocycles. The number of hydrogen-bond donors (Lipinski definition) is 1. The van der Waals surface area contributed by atoms with Gasteiger partial charge in [-0.15, -0.1) is 0 Å². The van der Waals surface area contributed by atoms with Crippen molar-refractivity contribution in [3.8, 4) is 56.4 Å². The molecule has 0 bridgehead atoms. The molecule has 7 aromatic carbocycles. The summed E-state index contributed by atoms with van der Waals surface area (Å²) in [7, 11) is 0. The van der Waals surface area contributed by atoms with Gasteiger partial charge in [0.2, 0.25) is 0 Å². The van der Waals surface area contributed by atoms with Gasteiger partial charge in [-0.2, -0.15) is 0 Å². The van der Waals surface area contributed by atoms with Crippen molar-refractivity contribution in [2.75, 3.05) is 0 Å². The van der Waals surface area contributed by atoms with Crippen LogP contribution in [0.4, 0.5) is 0 Å². The molecule has 61 heavy (non-hydrogen) atoms. The van der Waals surface area contributed by atoms with Gasteiger partial charge in [-0.05, 0) is 158 Å². The highest BCUT2D eigenvalue weighted by molar-refractivity contribution is 6.18. The Balaban J connectivity index is 1.14. The topological polar surface area (TPSA) is 63.1 Å². The smallest absolute Gasteiger partial charge is 0.164 e. The molecule has 0 saturated heterocycles. The molecule has 0 spiro atoms. The lowest BCUT2D eigenvalue weighted by Gasteiger charge is -2.24. The van der Waals surface area contributed by atoms with Crippen molar-refractivity contribution in [1.29, 1.82) is 0 Å². The Labute approximate surface area is 360 Å². The van der Waals surface area contributed by atoms with Crippen LogP contribution in [0.3, 0.4) is 0 Å². The molecular weight excluding hydrogens is 743 g/mol. The van der Waals surface area contributed by atoms with E-state index in [1.54, 1.807) is 0 Å². The minimum atomic E-state index is -0.328. The fourth-order valence-electron chi connectivity index (χ4n) is 9.61. The highest BCUT2D eigenvalue weighted by Crippen LogP contribution is 2.50. The van der Waals surface area contributed by atoms with Gasteiger partial charge in [0.15, 0.2) is 17.5 Å². The number of aryl methyl sites for hydroxylation is 8. The lowest BCUT2D eigenvalue weighted by atomic mass is 9.97. The molecule has 1 heterocycles. The molecule has 0 aliphatic heterocycles. The van der Waals surface area contributed by atoms with E-state index in [1.807, 2.05) is 0 Å². The van der Waals surface area contributed by atoms with Gasteiger partial charge in [0.25, 0.3) is 0 Å². The second-order valence-corrected chi connectivity index (χ2v) is 16.8. The van der Waals surface area contributed by atoms with Crippen molar-refractivity contribution in [3.63, 3.8) is 0 Å². The van der Waals surface area contributed by atoms with E-state index >= 15 is 0 Å². The predicted molar refractivity (Wildman–Crippen MR) is 256 cm³/mol. The van der Waals surface area contributed by atoms with Crippen LogP contribution in [0.5, 0.6) is 0 Å². The molecule has 5 heteroatoms. The first-order chi connectivity index (χ1) is 29.4. The Morgan fingerprint density at radius 3 is 1.52 bits per heavy atom. The molecule has 0 saturated carbocycles. The Kier molecular flexibility index (Phi) is 10.1. The fraction of sp³-hybridized carbons (Fsp3) is 0.179. The molecule has 1 aromatic heterocycles. The quantitative estimate of drug-likeness (QED) is 0.148. The maximum Gasteiger partial charge on any atom is 0.164 e. The monoisotopic (exact) mass is 793 g/mol. The number of hydrogen-bond acceptors (Lipinski definition) is 5. The number of fused-ring (bicyclic) bond motifs is 3. The van der Waals surface area contributed by atoms with Crippen LogP contribution in [0.25, 0.3) is 72.9 Å². The lowest BCUT2D eigenvalue weighted by Crippen LogP contribution is -2.21. The second-order valence-electron chi connectivity index (χ2n) is 16.8. The van der Waals surface area contributed by atoms with Crippen molar-refractivity contribution in [1.82, 2.24) is 20.3 Å². The maximum absolute atomic E-state index is 5.40. The van der Waals surface area contributed by atoms with Crippen LogP contribution >= 0.6 is 0 Å². The van der Waals surface area contributed by atoms with Crippen LogP contribution in [-0.2, 0) is 0 Å². The zero-order chi connectivity index (χ0) is 42.7. The Morgan fingerprint density at radius 1 is 0.492 bits per heavy atom. The van der Waals surface area contributed by atoms with Crippen LogP contribution in [-0.4, -0.2) is 20.7 Å². The second kappa shape index (κ2) is 15.6. The standard InChI is InChI=1S/C56H51N5/c1-31-16-11-17-32(2)48(31)40(10)58-54(49-33(3)18-12-19-34(49)4)57-39(9)41-26-27-42-45-28-29-46(43-24-15-25-44(52(43)45)47(42)30-41)53-59-55(50-35(5)20-13-21-36(50)6)61-56(60-53)51-37(7)22-14-23-38(51)8/h11-30,54,57H,9H2,1-8,10H3/b58-40+. The van der Waals surface area contributed by atoms with Gasteiger partial charge >= 0.3 is 0 Å². The normalized spacial score (nSPS) is 12.4. The third-order valence-electron chi connectivity index (χ3n) is 12.6. The first kappa shape index (κ1) is 39.5. The zero-order valence-corrected chi connectivity index (χ0v) is 36.6. The summed E-state index contributed by atoms with van der Waals surface area (Å²) in [4.78, 5) is 21.1. The summed E-state index contributed by atoms with van der Waals surface area (Å²) in [5.41, 5.74) is 22.4. The minimum absolute atomic E-state index is 0.328. The van der Waals surface area contributed by atoms with E-state index in [-0.39, 0.29) is 6.17 Å².